The van der Waals surface area contributed by atoms with Crippen molar-refractivity contribution in [1.29, 1.82) is 0 Å². The molecule has 0 radical (unpaired) electrons. The highest BCUT2D eigenvalue weighted by Crippen LogP contribution is 2.40. The molecule has 0 aliphatic carbocycles. The Hall–Kier alpha value is -3.17. The number of pyridine rings is 1. The average molecular weight is 353 g/mol. The van der Waals surface area contributed by atoms with Crippen LogP contribution in [-0.4, -0.2) is 10.1 Å². The number of aliphatic hydroxyl groups is 1. The minimum atomic E-state index is -0.972. The van der Waals surface area contributed by atoms with Gasteiger partial charge in [0.15, 0.2) is 0 Å². The van der Waals surface area contributed by atoms with Crippen molar-refractivity contribution < 1.29 is 9.52 Å². The Balaban J connectivity index is 1.89. The first kappa shape index (κ1) is 16.0. The molecule has 1 N–H and O–H groups in total. The first-order chi connectivity index (χ1) is 13.0. The minimum Gasteiger partial charge on any atom is -0.456 e. The van der Waals surface area contributed by atoms with Gasteiger partial charge in [0, 0.05) is 27.9 Å². The van der Waals surface area contributed by atoms with Gasteiger partial charge < -0.3 is 9.52 Å². The van der Waals surface area contributed by atoms with Gasteiger partial charge in [-0.15, -0.1) is 0 Å². The van der Waals surface area contributed by atoms with Crippen LogP contribution in [0.25, 0.3) is 44.0 Å². The summed E-state index contributed by atoms with van der Waals surface area (Å²) in [5, 5.41) is 14.9. The maximum Gasteiger partial charge on any atom is 0.136 e. The van der Waals surface area contributed by atoms with E-state index < -0.39 is 5.60 Å². The summed E-state index contributed by atoms with van der Waals surface area (Å²) in [5.74, 6) is 0. The lowest BCUT2D eigenvalue weighted by atomic mass is 9.91. The Bertz CT molecular complexity index is 1310. The molecule has 0 saturated heterocycles. The third-order valence-corrected chi connectivity index (χ3v) is 5.09. The lowest BCUT2D eigenvalue weighted by Crippen LogP contribution is -2.15. The van der Waals surface area contributed by atoms with E-state index in [0.29, 0.717) is 0 Å². The molecule has 3 aromatic carbocycles. The second-order valence-electron chi connectivity index (χ2n) is 7.44. The first-order valence-corrected chi connectivity index (χ1v) is 9.05. The molecule has 0 spiro atoms. The van der Waals surface area contributed by atoms with E-state index in [1.54, 1.807) is 13.8 Å². The average Bonchev–Trinajstić information content (AvgIpc) is 3.05. The molecule has 132 valence electrons. The van der Waals surface area contributed by atoms with Crippen LogP contribution in [0.15, 0.2) is 77.3 Å². The smallest absolute Gasteiger partial charge is 0.136 e. The Morgan fingerprint density at radius 1 is 0.815 bits per heavy atom. The van der Waals surface area contributed by atoms with Crippen LogP contribution in [0, 0.1) is 0 Å². The maximum atomic E-state index is 10.7. The fraction of sp³-hybridized carbons (Fsp3) is 0.125. The van der Waals surface area contributed by atoms with Gasteiger partial charge in [0.2, 0.25) is 0 Å². The van der Waals surface area contributed by atoms with Crippen LogP contribution in [-0.2, 0) is 5.60 Å². The van der Waals surface area contributed by atoms with Crippen molar-refractivity contribution in [2.24, 2.45) is 0 Å². The number of hydrogen-bond donors (Lipinski definition) is 1. The van der Waals surface area contributed by atoms with Gasteiger partial charge in [-0.05, 0) is 43.0 Å². The normalized spacial score (nSPS) is 12.3. The zero-order chi connectivity index (χ0) is 18.6. The van der Waals surface area contributed by atoms with Crippen molar-refractivity contribution in [2.45, 2.75) is 19.4 Å². The zero-order valence-corrected chi connectivity index (χ0v) is 15.2. The van der Waals surface area contributed by atoms with E-state index in [2.05, 4.69) is 24.3 Å². The van der Waals surface area contributed by atoms with E-state index >= 15 is 0 Å². The summed E-state index contributed by atoms with van der Waals surface area (Å²) in [6.07, 6.45) is 1.91. The van der Waals surface area contributed by atoms with Crippen LogP contribution in [0.5, 0.6) is 0 Å². The number of fused-ring (bicyclic) bond motifs is 4. The van der Waals surface area contributed by atoms with Crippen molar-refractivity contribution in [3.8, 4) is 11.3 Å². The number of rotatable bonds is 2. The second kappa shape index (κ2) is 5.66. The molecule has 5 rings (SSSR count). The quantitative estimate of drug-likeness (QED) is 0.421. The third kappa shape index (κ3) is 2.51. The van der Waals surface area contributed by atoms with Crippen LogP contribution >= 0.6 is 0 Å². The van der Waals surface area contributed by atoms with Gasteiger partial charge in [-0.2, -0.15) is 0 Å². The predicted octanol–water partition coefficient (Wildman–Crippen LogP) is 6.03. The molecule has 3 nitrogen and oxygen atoms in total. The second-order valence-corrected chi connectivity index (χ2v) is 7.44. The molecule has 0 fully saturated rings. The lowest BCUT2D eigenvalue weighted by Gasteiger charge is -2.19. The van der Waals surface area contributed by atoms with Crippen LogP contribution in [0.1, 0.15) is 19.4 Å². The highest BCUT2D eigenvalue weighted by molar-refractivity contribution is 6.14. The molecular formula is C24H19NO2. The van der Waals surface area contributed by atoms with Crippen molar-refractivity contribution in [3.63, 3.8) is 0 Å². The molecule has 2 aromatic heterocycles. The fourth-order valence-corrected chi connectivity index (χ4v) is 3.82. The van der Waals surface area contributed by atoms with E-state index in [9.17, 15) is 5.11 Å². The summed E-state index contributed by atoms with van der Waals surface area (Å²) in [6.45, 7) is 3.61. The lowest BCUT2D eigenvalue weighted by molar-refractivity contribution is 0.0802. The Labute approximate surface area is 156 Å². The summed E-state index contributed by atoms with van der Waals surface area (Å²) in [4.78, 5) is 4.70. The standard InChI is InChI=1S/C24H19NO2/c1-24(2,26)18-10-6-12-21-23(18)22-17(9-5-11-20(22)27-21)19-13-15-7-3-4-8-16(15)14-25-19/h3-14,26H,1-2H3. The highest BCUT2D eigenvalue weighted by atomic mass is 16.3. The van der Waals surface area contributed by atoms with E-state index in [1.807, 2.05) is 48.7 Å². The SMILES string of the molecule is CC(C)(O)c1cccc2oc3cccc(-c4cc5ccccc5cn4)c3c12. The molecule has 27 heavy (non-hydrogen) atoms. The molecule has 0 unspecified atom stereocenters. The van der Waals surface area contributed by atoms with Gasteiger partial charge in [0.1, 0.15) is 11.2 Å². The van der Waals surface area contributed by atoms with Gasteiger partial charge in [-0.25, -0.2) is 0 Å². The summed E-state index contributed by atoms with van der Waals surface area (Å²) in [6, 6.07) is 22.2. The van der Waals surface area contributed by atoms with E-state index in [4.69, 9.17) is 9.40 Å². The third-order valence-electron chi connectivity index (χ3n) is 5.09. The van der Waals surface area contributed by atoms with Crippen LogP contribution in [0.3, 0.4) is 0 Å². The van der Waals surface area contributed by atoms with Gasteiger partial charge in [-0.3, -0.25) is 4.98 Å². The number of aromatic nitrogens is 1. The summed E-state index contributed by atoms with van der Waals surface area (Å²) in [7, 11) is 0. The van der Waals surface area contributed by atoms with E-state index in [1.165, 1.54) is 0 Å². The Kier molecular flexibility index (Phi) is 3.36. The van der Waals surface area contributed by atoms with Gasteiger partial charge >= 0.3 is 0 Å². The number of nitrogens with zero attached hydrogens (tertiary/aromatic N) is 1. The molecule has 0 aliphatic heterocycles. The van der Waals surface area contributed by atoms with Gasteiger partial charge in [0.25, 0.3) is 0 Å². The van der Waals surface area contributed by atoms with E-state index in [0.717, 1.165) is 49.5 Å². The first-order valence-electron chi connectivity index (χ1n) is 9.05. The van der Waals surface area contributed by atoms with Crippen LogP contribution in [0.4, 0.5) is 0 Å². The fourth-order valence-electron chi connectivity index (χ4n) is 3.82. The van der Waals surface area contributed by atoms with E-state index in [-0.39, 0.29) is 0 Å². The number of hydrogen-bond acceptors (Lipinski definition) is 3. The Morgan fingerprint density at radius 3 is 2.30 bits per heavy atom. The van der Waals surface area contributed by atoms with Gasteiger partial charge in [0.05, 0.1) is 11.3 Å². The van der Waals surface area contributed by atoms with Crippen molar-refractivity contribution in [1.82, 2.24) is 4.98 Å². The minimum absolute atomic E-state index is 0.776. The molecule has 0 saturated carbocycles. The molecule has 0 aliphatic rings. The summed E-state index contributed by atoms with van der Waals surface area (Å²) < 4.78 is 6.10. The van der Waals surface area contributed by atoms with Crippen molar-refractivity contribution in [2.75, 3.05) is 0 Å². The molecule has 0 bridgehead atoms. The monoisotopic (exact) mass is 353 g/mol. The molecule has 0 atom stereocenters. The molecule has 3 heteroatoms. The Morgan fingerprint density at radius 2 is 1.52 bits per heavy atom. The van der Waals surface area contributed by atoms with Crippen LogP contribution in [0.2, 0.25) is 0 Å². The number of furan rings is 1. The summed E-state index contributed by atoms with van der Waals surface area (Å²) >= 11 is 0. The highest BCUT2D eigenvalue weighted by Gasteiger charge is 2.23. The molecule has 2 heterocycles. The zero-order valence-electron chi connectivity index (χ0n) is 15.2. The van der Waals surface area contributed by atoms with Crippen molar-refractivity contribution in [3.05, 3.63) is 78.5 Å². The summed E-state index contributed by atoms with van der Waals surface area (Å²) in [5.41, 5.74) is 3.36. The molecule has 5 aromatic rings. The van der Waals surface area contributed by atoms with Gasteiger partial charge in [-0.1, -0.05) is 48.5 Å². The molecular weight excluding hydrogens is 334 g/mol. The predicted molar refractivity (Wildman–Crippen MR) is 110 cm³/mol. The largest absolute Gasteiger partial charge is 0.456 e. The van der Waals surface area contributed by atoms with Crippen molar-refractivity contribution >= 4 is 32.7 Å². The molecule has 0 amide bonds. The number of benzene rings is 3. The maximum absolute atomic E-state index is 10.7. The topological polar surface area (TPSA) is 46.3 Å². The van der Waals surface area contributed by atoms with Crippen LogP contribution < -0.4 is 0 Å².